The lowest BCUT2D eigenvalue weighted by atomic mass is 9.98. The van der Waals surface area contributed by atoms with E-state index < -0.39 is 0 Å². The number of nitrogens with one attached hydrogen (secondary N) is 1. The lowest BCUT2D eigenvalue weighted by Crippen LogP contribution is -2.30. The molecule has 3 heteroatoms. The summed E-state index contributed by atoms with van der Waals surface area (Å²) in [7, 11) is 0. The van der Waals surface area contributed by atoms with Crippen LogP contribution in [0.5, 0.6) is 0 Å². The van der Waals surface area contributed by atoms with Gasteiger partial charge in [-0.2, -0.15) is 0 Å². The number of carbonyl (C=O) groups excluding carboxylic acids is 1. The van der Waals surface area contributed by atoms with Crippen LogP contribution in [0.15, 0.2) is 89.4 Å². The van der Waals surface area contributed by atoms with Crippen molar-refractivity contribution in [2.75, 3.05) is 0 Å². The molecule has 2 nitrogen and oxygen atoms in total. The van der Waals surface area contributed by atoms with Crippen LogP contribution in [0.1, 0.15) is 22.7 Å². The number of halogens is 1. The highest BCUT2D eigenvalue weighted by molar-refractivity contribution is 9.10. The van der Waals surface area contributed by atoms with Crippen LogP contribution in [0, 0.1) is 0 Å². The summed E-state index contributed by atoms with van der Waals surface area (Å²) in [4.78, 5) is 12.6. The molecular formula is C21H18BrNO. The molecule has 0 saturated heterocycles. The number of carbonyl (C=O) groups is 1. The molecule has 3 aromatic rings. The summed E-state index contributed by atoms with van der Waals surface area (Å²) in [5.74, 6) is 0.00538. The summed E-state index contributed by atoms with van der Waals surface area (Å²) < 4.78 is 0.982. The Morgan fingerprint density at radius 1 is 0.833 bits per heavy atom. The lowest BCUT2D eigenvalue weighted by Gasteiger charge is -2.20. The monoisotopic (exact) mass is 379 g/mol. The topological polar surface area (TPSA) is 29.1 Å². The molecule has 0 aromatic heterocycles. The molecular weight excluding hydrogens is 362 g/mol. The van der Waals surface area contributed by atoms with Crippen molar-refractivity contribution < 1.29 is 4.79 Å². The summed E-state index contributed by atoms with van der Waals surface area (Å²) in [5, 5.41) is 3.16. The van der Waals surface area contributed by atoms with Gasteiger partial charge in [-0.1, -0.05) is 88.7 Å². The first-order valence-electron chi connectivity index (χ1n) is 7.86. The van der Waals surface area contributed by atoms with Crippen molar-refractivity contribution in [2.24, 2.45) is 0 Å². The van der Waals surface area contributed by atoms with E-state index in [2.05, 4.69) is 21.2 Å². The highest BCUT2D eigenvalue weighted by Gasteiger charge is 2.16. The van der Waals surface area contributed by atoms with Crippen molar-refractivity contribution in [1.82, 2.24) is 5.32 Å². The summed E-state index contributed by atoms with van der Waals surface area (Å²) >= 11 is 3.44. The molecule has 0 heterocycles. The van der Waals surface area contributed by atoms with Crippen LogP contribution in [0.3, 0.4) is 0 Å². The summed E-state index contributed by atoms with van der Waals surface area (Å²) in [5.41, 5.74) is 3.14. The molecule has 1 N–H and O–H groups in total. The van der Waals surface area contributed by atoms with E-state index in [1.807, 2.05) is 84.9 Å². The molecule has 0 atom stereocenters. The fraction of sp³-hybridized carbons (Fsp3) is 0.0952. The highest BCUT2D eigenvalue weighted by atomic mass is 79.9. The average Bonchev–Trinajstić information content (AvgIpc) is 2.61. The number of benzene rings is 3. The highest BCUT2D eigenvalue weighted by Crippen LogP contribution is 2.22. The molecule has 1 amide bonds. The molecule has 120 valence electrons. The first-order valence-corrected chi connectivity index (χ1v) is 8.65. The zero-order valence-electron chi connectivity index (χ0n) is 13.2. The van der Waals surface area contributed by atoms with Gasteiger partial charge in [0.25, 0.3) is 0 Å². The number of rotatable bonds is 5. The minimum Gasteiger partial charge on any atom is -0.345 e. The van der Waals surface area contributed by atoms with E-state index in [1.165, 1.54) is 0 Å². The fourth-order valence-corrected chi connectivity index (χ4v) is 3.14. The second kappa shape index (κ2) is 7.93. The van der Waals surface area contributed by atoms with Crippen LogP contribution in [0.4, 0.5) is 0 Å². The Bertz CT molecular complexity index is 763. The third-order valence-electron chi connectivity index (χ3n) is 3.82. The van der Waals surface area contributed by atoms with Crippen LogP contribution >= 0.6 is 15.9 Å². The maximum atomic E-state index is 12.6. The van der Waals surface area contributed by atoms with Crippen molar-refractivity contribution in [3.05, 3.63) is 106 Å². The number of hydrogen-bond donors (Lipinski definition) is 1. The summed E-state index contributed by atoms with van der Waals surface area (Å²) in [6.45, 7) is 0. The Balaban J connectivity index is 1.80. The molecule has 0 aliphatic heterocycles. The van der Waals surface area contributed by atoms with E-state index in [0.717, 1.165) is 21.2 Å². The van der Waals surface area contributed by atoms with Gasteiger partial charge >= 0.3 is 0 Å². The largest absolute Gasteiger partial charge is 0.345 e. The number of hydrogen-bond acceptors (Lipinski definition) is 1. The lowest BCUT2D eigenvalue weighted by molar-refractivity contribution is -0.120. The van der Waals surface area contributed by atoms with Gasteiger partial charge in [-0.3, -0.25) is 4.79 Å². The van der Waals surface area contributed by atoms with E-state index >= 15 is 0 Å². The van der Waals surface area contributed by atoms with Crippen LogP contribution in [-0.4, -0.2) is 5.91 Å². The summed E-state index contributed by atoms with van der Waals surface area (Å²) in [6, 6.07) is 27.8. The second-order valence-electron chi connectivity index (χ2n) is 5.63. The Morgan fingerprint density at radius 3 is 1.96 bits per heavy atom. The zero-order chi connectivity index (χ0) is 16.8. The van der Waals surface area contributed by atoms with Gasteiger partial charge in [-0.15, -0.1) is 0 Å². The molecule has 0 spiro atoms. The Labute approximate surface area is 150 Å². The van der Waals surface area contributed by atoms with Crippen LogP contribution in [0.2, 0.25) is 0 Å². The quantitative estimate of drug-likeness (QED) is 0.671. The van der Waals surface area contributed by atoms with Crippen molar-refractivity contribution in [1.29, 1.82) is 0 Å². The third kappa shape index (κ3) is 4.33. The molecule has 3 aromatic carbocycles. The van der Waals surface area contributed by atoms with E-state index in [9.17, 15) is 4.79 Å². The zero-order valence-corrected chi connectivity index (χ0v) is 14.7. The Morgan fingerprint density at radius 2 is 1.42 bits per heavy atom. The number of amides is 1. The van der Waals surface area contributed by atoms with Crippen LogP contribution in [0.25, 0.3) is 0 Å². The molecule has 3 rings (SSSR count). The van der Waals surface area contributed by atoms with Crippen LogP contribution in [-0.2, 0) is 11.2 Å². The van der Waals surface area contributed by atoms with Crippen molar-refractivity contribution in [3.8, 4) is 0 Å². The van der Waals surface area contributed by atoms with Crippen molar-refractivity contribution >= 4 is 21.8 Å². The molecule has 0 fully saturated rings. The maximum Gasteiger partial charge on any atom is 0.225 e. The molecule has 0 saturated carbocycles. The third-order valence-corrected chi connectivity index (χ3v) is 4.32. The first-order chi connectivity index (χ1) is 11.7. The molecule has 0 unspecified atom stereocenters. The van der Waals surface area contributed by atoms with Gasteiger partial charge in [0.1, 0.15) is 0 Å². The molecule has 0 bridgehead atoms. The molecule has 0 aliphatic carbocycles. The van der Waals surface area contributed by atoms with E-state index in [1.54, 1.807) is 0 Å². The predicted molar refractivity (Wildman–Crippen MR) is 101 cm³/mol. The SMILES string of the molecule is O=C(Cc1cccc(Br)c1)NC(c1ccccc1)c1ccccc1. The van der Waals surface area contributed by atoms with Gasteiger partial charge in [-0.25, -0.2) is 0 Å². The smallest absolute Gasteiger partial charge is 0.225 e. The normalized spacial score (nSPS) is 10.6. The van der Waals surface area contributed by atoms with E-state index in [4.69, 9.17) is 0 Å². The van der Waals surface area contributed by atoms with Crippen molar-refractivity contribution in [2.45, 2.75) is 12.5 Å². The fourth-order valence-electron chi connectivity index (χ4n) is 2.69. The molecule has 0 aliphatic rings. The van der Waals surface area contributed by atoms with Crippen molar-refractivity contribution in [3.63, 3.8) is 0 Å². The van der Waals surface area contributed by atoms with Gasteiger partial charge in [0.05, 0.1) is 12.5 Å². The average molecular weight is 380 g/mol. The predicted octanol–water partition coefficient (Wildman–Crippen LogP) is 4.90. The Kier molecular flexibility index (Phi) is 5.44. The van der Waals surface area contributed by atoms with Gasteiger partial charge < -0.3 is 5.32 Å². The van der Waals surface area contributed by atoms with Gasteiger partial charge in [0.2, 0.25) is 5.91 Å². The van der Waals surface area contributed by atoms with E-state index in [0.29, 0.717) is 6.42 Å². The first kappa shape index (κ1) is 16.5. The van der Waals surface area contributed by atoms with E-state index in [-0.39, 0.29) is 11.9 Å². The van der Waals surface area contributed by atoms with Crippen LogP contribution < -0.4 is 5.32 Å². The minimum atomic E-state index is -0.146. The second-order valence-corrected chi connectivity index (χ2v) is 6.54. The minimum absolute atomic E-state index is 0.00538. The Hall–Kier alpha value is -2.39. The molecule has 0 radical (unpaired) electrons. The van der Waals surface area contributed by atoms with Gasteiger partial charge in [0, 0.05) is 4.47 Å². The molecule has 24 heavy (non-hydrogen) atoms. The maximum absolute atomic E-state index is 12.6. The summed E-state index contributed by atoms with van der Waals surface area (Å²) in [6.07, 6.45) is 0.357. The van der Waals surface area contributed by atoms with Gasteiger partial charge in [-0.05, 0) is 28.8 Å². The standard InChI is InChI=1S/C21H18BrNO/c22-19-13-7-8-16(14-19)15-20(24)23-21(17-9-3-1-4-10-17)18-11-5-2-6-12-18/h1-14,21H,15H2,(H,23,24). The van der Waals surface area contributed by atoms with Gasteiger partial charge in [0.15, 0.2) is 0 Å².